The van der Waals surface area contributed by atoms with Gasteiger partial charge in [-0.3, -0.25) is 9.36 Å². The minimum atomic E-state index is -0.205. The standard InChI is InChI=1S/C18H23ClN4O3/c1-21(11-13-10-14(19)7-8-15(13)26-2)17(24)12-23-18(25)22-9-5-3-4-6-16(22)20-23/h7-8,10H,3-6,9,11-12H2,1-2H3. The summed E-state index contributed by atoms with van der Waals surface area (Å²) in [4.78, 5) is 26.6. The monoisotopic (exact) mass is 378 g/mol. The van der Waals surface area contributed by atoms with Gasteiger partial charge < -0.3 is 9.64 Å². The van der Waals surface area contributed by atoms with E-state index in [4.69, 9.17) is 16.3 Å². The van der Waals surface area contributed by atoms with Crippen molar-refractivity contribution in [3.8, 4) is 5.75 Å². The van der Waals surface area contributed by atoms with Crippen molar-refractivity contribution < 1.29 is 9.53 Å². The number of hydrogen-bond acceptors (Lipinski definition) is 4. The summed E-state index contributed by atoms with van der Waals surface area (Å²) < 4.78 is 8.29. The highest BCUT2D eigenvalue weighted by Crippen LogP contribution is 2.23. The number of hydrogen-bond donors (Lipinski definition) is 0. The van der Waals surface area contributed by atoms with Gasteiger partial charge in [0.25, 0.3) is 0 Å². The van der Waals surface area contributed by atoms with Crippen LogP contribution >= 0.6 is 11.6 Å². The van der Waals surface area contributed by atoms with Crippen molar-refractivity contribution in [1.29, 1.82) is 0 Å². The van der Waals surface area contributed by atoms with Gasteiger partial charge in [-0.25, -0.2) is 9.48 Å². The largest absolute Gasteiger partial charge is 0.496 e. The fourth-order valence-corrected chi connectivity index (χ4v) is 3.39. The fourth-order valence-electron chi connectivity index (χ4n) is 3.19. The molecule has 3 rings (SSSR count). The molecule has 1 aromatic carbocycles. The molecule has 0 fully saturated rings. The van der Waals surface area contributed by atoms with Gasteiger partial charge >= 0.3 is 5.69 Å². The van der Waals surface area contributed by atoms with Gasteiger partial charge in [0.1, 0.15) is 18.1 Å². The number of amides is 1. The van der Waals surface area contributed by atoms with E-state index in [9.17, 15) is 9.59 Å². The molecule has 26 heavy (non-hydrogen) atoms. The van der Waals surface area contributed by atoms with Crippen LogP contribution in [0.2, 0.25) is 5.02 Å². The number of methoxy groups -OCH3 is 1. The Kier molecular flexibility index (Phi) is 5.66. The lowest BCUT2D eigenvalue weighted by atomic mass is 10.2. The first-order chi connectivity index (χ1) is 12.5. The summed E-state index contributed by atoms with van der Waals surface area (Å²) in [5.41, 5.74) is 0.604. The van der Waals surface area contributed by atoms with E-state index in [1.807, 2.05) is 0 Å². The molecule has 0 saturated carbocycles. The summed E-state index contributed by atoms with van der Waals surface area (Å²) in [5.74, 6) is 1.25. The zero-order valence-electron chi connectivity index (χ0n) is 15.1. The van der Waals surface area contributed by atoms with Gasteiger partial charge in [0.2, 0.25) is 5.91 Å². The van der Waals surface area contributed by atoms with Crippen LogP contribution in [-0.2, 0) is 30.8 Å². The molecule has 1 aliphatic heterocycles. The summed E-state index contributed by atoms with van der Waals surface area (Å²) in [6, 6.07) is 5.28. The van der Waals surface area contributed by atoms with Crippen LogP contribution in [0.1, 0.15) is 30.7 Å². The van der Waals surface area contributed by atoms with Crippen LogP contribution < -0.4 is 10.4 Å². The van der Waals surface area contributed by atoms with Crippen LogP contribution in [0.3, 0.4) is 0 Å². The molecule has 0 bridgehead atoms. The number of carbonyl (C=O) groups excluding carboxylic acids is 1. The molecule has 0 radical (unpaired) electrons. The lowest BCUT2D eigenvalue weighted by Crippen LogP contribution is -2.34. The van der Waals surface area contributed by atoms with Crippen LogP contribution in [0.4, 0.5) is 0 Å². The maximum atomic E-state index is 12.6. The maximum absolute atomic E-state index is 12.6. The van der Waals surface area contributed by atoms with Gasteiger partial charge in [0.15, 0.2) is 0 Å². The van der Waals surface area contributed by atoms with E-state index < -0.39 is 0 Å². The van der Waals surface area contributed by atoms with E-state index in [1.165, 1.54) is 4.68 Å². The third-order valence-electron chi connectivity index (χ3n) is 4.64. The average molecular weight is 379 g/mol. The molecule has 140 valence electrons. The Bertz CT molecular complexity index is 859. The molecule has 0 saturated heterocycles. The number of carbonyl (C=O) groups is 1. The van der Waals surface area contributed by atoms with Crippen molar-refractivity contribution in [2.24, 2.45) is 0 Å². The third-order valence-corrected chi connectivity index (χ3v) is 4.88. The Hall–Kier alpha value is -2.28. The van der Waals surface area contributed by atoms with Gasteiger partial charge in [-0.05, 0) is 31.0 Å². The predicted molar refractivity (Wildman–Crippen MR) is 98.5 cm³/mol. The van der Waals surface area contributed by atoms with E-state index in [-0.39, 0.29) is 18.1 Å². The Morgan fingerprint density at radius 1 is 1.35 bits per heavy atom. The van der Waals surface area contributed by atoms with Crippen LogP contribution in [-0.4, -0.2) is 39.3 Å². The van der Waals surface area contributed by atoms with Gasteiger partial charge in [0, 0.05) is 37.1 Å². The number of nitrogens with zero attached hydrogens (tertiary/aromatic N) is 4. The number of benzene rings is 1. The zero-order valence-corrected chi connectivity index (χ0v) is 15.8. The number of halogens is 1. The first kappa shape index (κ1) is 18.5. The summed E-state index contributed by atoms with van der Waals surface area (Å²) in [5, 5.41) is 4.94. The smallest absolute Gasteiger partial charge is 0.346 e. The highest BCUT2D eigenvalue weighted by molar-refractivity contribution is 6.30. The Labute approximate surface area is 157 Å². The molecular formula is C18H23ClN4O3. The van der Waals surface area contributed by atoms with Crippen molar-refractivity contribution >= 4 is 17.5 Å². The lowest BCUT2D eigenvalue weighted by molar-refractivity contribution is -0.131. The zero-order chi connectivity index (χ0) is 18.7. The number of ether oxygens (including phenoxy) is 1. The van der Waals surface area contributed by atoms with Crippen molar-refractivity contribution in [1.82, 2.24) is 19.2 Å². The van der Waals surface area contributed by atoms with Crippen LogP contribution in [0.25, 0.3) is 0 Å². The molecule has 0 atom stereocenters. The first-order valence-corrected chi connectivity index (χ1v) is 9.10. The summed E-state index contributed by atoms with van der Waals surface area (Å²) >= 11 is 6.04. The summed E-state index contributed by atoms with van der Waals surface area (Å²) in [6.07, 6.45) is 3.89. The Morgan fingerprint density at radius 2 is 2.15 bits per heavy atom. The van der Waals surface area contributed by atoms with E-state index >= 15 is 0 Å². The highest BCUT2D eigenvalue weighted by atomic mass is 35.5. The fraction of sp³-hybridized carbons (Fsp3) is 0.500. The molecule has 1 amide bonds. The molecule has 0 unspecified atom stereocenters. The SMILES string of the molecule is COc1ccc(Cl)cc1CN(C)C(=O)Cn1nc2n(c1=O)CCCCC2. The van der Waals surface area contributed by atoms with Gasteiger partial charge in [-0.2, -0.15) is 5.10 Å². The second-order valence-electron chi connectivity index (χ2n) is 6.52. The normalized spacial score (nSPS) is 13.8. The third kappa shape index (κ3) is 3.93. The molecular weight excluding hydrogens is 356 g/mol. The molecule has 2 heterocycles. The van der Waals surface area contributed by atoms with Crippen molar-refractivity contribution in [2.45, 2.75) is 45.3 Å². The highest BCUT2D eigenvalue weighted by Gasteiger charge is 2.19. The van der Waals surface area contributed by atoms with Crippen molar-refractivity contribution in [3.63, 3.8) is 0 Å². The molecule has 1 aromatic heterocycles. The predicted octanol–water partition coefficient (Wildman–Crippen LogP) is 2.09. The summed E-state index contributed by atoms with van der Waals surface area (Å²) in [7, 11) is 3.26. The summed E-state index contributed by atoms with van der Waals surface area (Å²) in [6.45, 7) is 0.945. The minimum Gasteiger partial charge on any atom is -0.496 e. The molecule has 7 nitrogen and oxygen atoms in total. The number of rotatable bonds is 5. The molecule has 8 heteroatoms. The average Bonchev–Trinajstić information content (AvgIpc) is 2.78. The number of aryl methyl sites for hydroxylation is 1. The number of likely N-dealkylation sites (N-methyl/N-ethyl adjacent to an activating group) is 1. The number of aromatic nitrogens is 3. The van der Waals surface area contributed by atoms with E-state index in [1.54, 1.807) is 41.8 Å². The van der Waals surface area contributed by atoms with Crippen LogP contribution in [0.15, 0.2) is 23.0 Å². The molecule has 0 aliphatic carbocycles. The van der Waals surface area contributed by atoms with E-state index in [2.05, 4.69) is 5.10 Å². The second-order valence-corrected chi connectivity index (χ2v) is 6.96. The molecule has 0 N–H and O–H groups in total. The quantitative estimate of drug-likeness (QED) is 0.798. The van der Waals surface area contributed by atoms with Gasteiger partial charge in [0.05, 0.1) is 7.11 Å². The minimum absolute atomic E-state index is 0.0712. The Morgan fingerprint density at radius 3 is 2.92 bits per heavy atom. The van der Waals surface area contributed by atoms with Crippen LogP contribution in [0, 0.1) is 0 Å². The van der Waals surface area contributed by atoms with E-state index in [0.717, 1.165) is 37.1 Å². The maximum Gasteiger partial charge on any atom is 0.346 e. The topological polar surface area (TPSA) is 69.4 Å². The second kappa shape index (κ2) is 7.95. The molecule has 0 spiro atoms. The molecule has 2 aromatic rings. The van der Waals surface area contributed by atoms with Crippen molar-refractivity contribution in [2.75, 3.05) is 14.2 Å². The van der Waals surface area contributed by atoms with E-state index in [0.29, 0.717) is 23.9 Å². The lowest BCUT2D eigenvalue weighted by Gasteiger charge is -2.19. The Balaban J connectivity index is 1.72. The number of fused-ring (bicyclic) bond motifs is 1. The van der Waals surface area contributed by atoms with Gasteiger partial charge in [-0.15, -0.1) is 0 Å². The first-order valence-electron chi connectivity index (χ1n) is 8.72. The van der Waals surface area contributed by atoms with Crippen molar-refractivity contribution in [3.05, 3.63) is 45.1 Å². The van der Waals surface area contributed by atoms with Crippen LogP contribution in [0.5, 0.6) is 5.75 Å². The molecule has 1 aliphatic rings. The van der Waals surface area contributed by atoms with Gasteiger partial charge in [-0.1, -0.05) is 18.0 Å².